The topological polar surface area (TPSA) is 45.1 Å². The van der Waals surface area contributed by atoms with Crippen LogP contribution in [0.4, 0.5) is 0 Å². The Morgan fingerprint density at radius 3 is 2.66 bits per heavy atom. The summed E-state index contributed by atoms with van der Waals surface area (Å²) in [7, 11) is 1.94. The van der Waals surface area contributed by atoms with E-state index in [9.17, 15) is 4.79 Å². The largest absolute Gasteiger partial charge is 0.492 e. The average Bonchev–Trinajstić information content (AvgIpc) is 3.49. The number of amides is 1. The van der Waals surface area contributed by atoms with Crippen LogP contribution in [-0.4, -0.2) is 48.3 Å². The normalized spacial score (nSPS) is 16.3. The average molecular weight is 426 g/mol. The number of ether oxygens (including phenoxy) is 1. The van der Waals surface area contributed by atoms with E-state index in [0.29, 0.717) is 19.7 Å². The monoisotopic (exact) mass is 425 g/mol. The second-order valence-electron chi connectivity index (χ2n) is 6.90. The fourth-order valence-electron chi connectivity index (χ4n) is 3.25. The van der Waals surface area contributed by atoms with Gasteiger partial charge in [-0.05, 0) is 42.1 Å². The van der Waals surface area contributed by atoms with Crippen LogP contribution in [-0.2, 0) is 4.79 Å². The first-order chi connectivity index (χ1) is 14.2. The Kier molecular flexibility index (Phi) is 6.39. The maximum Gasteiger partial charge on any atom is 0.257 e. The Morgan fingerprint density at radius 2 is 1.93 bits per heavy atom. The van der Waals surface area contributed by atoms with Crippen molar-refractivity contribution in [2.45, 2.75) is 12.5 Å². The molecule has 150 valence electrons. The number of carbonyl (C=O) groups is 1. The molecule has 0 bridgehead atoms. The zero-order valence-electron chi connectivity index (χ0n) is 16.2. The summed E-state index contributed by atoms with van der Waals surface area (Å²) in [6.07, 6.45) is 0.758. The summed E-state index contributed by atoms with van der Waals surface area (Å²) in [5.41, 5.74) is 0.988. The SMILES string of the molecule is CN(CCOc1ccccc1)CC(=O)N1N=C(c2cccs2)CC1c1cccs1. The van der Waals surface area contributed by atoms with Gasteiger partial charge in [-0.1, -0.05) is 30.3 Å². The van der Waals surface area contributed by atoms with E-state index in [-0.39, 0.29) is 11.9 Å². The van der Waals surface area contributed by atoms with E-state index < -0.39 is 0 Å². The smallest absolute Gasteiger partial charge is 0.257 e. The molecule has 1 amide bonds. The summed E-state index contributed by atoms with van der Waals surface area (Å²) in [6.45, 7) is 1.51. The first kappa shape index (κ1) is 19.8. The molecule has 1 aliphatic heterocycles. The zero-order chi connectivity index (χ0) is 20.1. The highest BCUT2D eigenvalue weighted by atomic mass is 32.1. The summed E-state index contributed by atoms with van der Waals surface area (Å²) < 4.78 is 5.74. The predicted octanol–water partition coefficient (Wildman–Crippen LogP) is 4.50. The van der Waals surface area contributed by atoms with Crippen LogP contribution in [0.5, 0.6) is 5.75 Å². The molecule has 4 rings (SSSR count). The Hall–Kier alpha value is -2.48. The highest BCUT2D eigenvalue weighted by Gasteiger charge is 2.34. The quantitative estimate of drug-likeness (QED) is 0.534. The highest BCUT2D eigenvalue weighted by Crippen LogP contribution is 2.35. The molecule has 0 aliphatic carbocycles. The molecule has 5 nitrogen and oxygen atoms in total. The first-order valence-corrected chi connectivity index (χ1v) is 11.3. The third kappa shape index (κ3) is 4.93. The van der Waals surface area contributed by atoms with Crippen LogP contribution in [0.15, 0.2) is 70.5 Å². The predicted molar refractivity (Wildman–Crippen MR) is 119 cm³/mol. The molecule has 0 saturated heterocycles. The molecule has 1 unspecified atom stereocenters. The Balaban J connectivity index is 1.38. The van der Waals surface area contributed by atoms with Gasteiger partial charge in [-0.2, -0.15) is 5.10 Å². The summed E-state index contributed by atoms with van der Waals surface area (Å²) in [4.78, 5) is 17.3. The maximum absolute atomic E-state index is 13.1. The molecule has 1 atom stereocenters. The summed E-state index contributed by atoms with van der Waals surface area (Å²) in [5, 5.41) is 10.5. The number of carbonyl (C=O) groups excluding carboxylic acids is 1. The van der Waals surface area contributed by atoms with Gasteiger partial charge in [-0.3, -0.25) is 9.69 Å². The van der Waals surface area contributed by atoms with Gasteiger partial charge in [0.15, 0.2) is 0 Å². The molecule has 29 heavy (non-hydrogen) atoms. The lowest BCUT2D eigenvalue weighted by Gasteiger charge is -2.24. The lowest BCUT2D eigenvalue weighted by molar-refractivity contribution is -0.133. The molecule has 0 N–H and O–H groups in total. The fourth-order valence-corrected chi connectivity index (χ4v) is 4.79. The van der Waals surface area contributed by atoms with Crippen LogP contribution in [0.3, 0.4) is 0 Å². The minimum Gasteiger partial charge on any atom is -0.492 e. The lowest BCUT2D eigenvalue weighted by Crippen LogP contribution is -2.37. The molecule has 1 aromatic carbocycles. The molecule has 7 heteroatoms. The second-order valence-corrected chi connectivity index (χ2v) is 8.82. The van der Waals surface area contributed by atoms with E-state index in [2.05, 4.69) is 12.1 Å². The lowest BCUT2D eigenvalue weighted by atomic mass is 10.1. The second kappa shape index (κ2) is 9.35. The number of thiophene rings is 2. The van der Waals surface area contributed by atoms with Crippen LogP contribution < -0.4 is 4.74 Å². The van der Waals surface area contributed by atoms with Gasteiger partial charge in [-0.25, -0.2) is 5.01 Å². The highest BCUT2D eigenvalue weighted by molar-refractivity contribution is 7.12. The van der Waals surface area contributed by atoms with Gasteiger partial charge in [0, 0.05) is 17.8 Å². The minimum atomic E-state index is -0.0198. The van der Waals surface area contributed by atoms with E-state index in [1.807, 2.05) is 65.2 Å². The van der Waals surface area contributed by atoms with Gasteiger partial charge in [0.1, 0.15) is 12.4 Å². The summed E-state index contributed by atoms with van der Waals surface area (Å²) in [5.74, 6) is 0.854. The van der Waals surface area contributed by atoms with Crippen LogP contribution in [0.2, 0.25) is 0 Å². The summed E-state index contributed by atoms with van der Waals surface area (Å²) >= 11 is 3.34. The molecule has 3 heterocycles. The number of hydrogen-bond acceptors (Lipinski definition) is 6. The van der Waals surface area contributed by atoms with E-state index in [1.54, 1.807) is 27.7 Å². The van der Waals surface area contributed by atoms with Crippen molar-refractivity contribution in [2.24, 2.45) is 5.10 Å². The first-order valence-electron chi connectivity index (χ1n) is 9.54. The Morgan fingerprint density at radius 1 is 1.14 bits per heavy atom. The Labute approximate surface area is 178 Å². The molecular weight excluding hydrogens is 402 g/mol. The van der Waals surface area contributed by atoms with E-state index in [4.69, 9.17) is 9.84 Å². The number of rotatable bonds is 8. The molecular formula is C22H23N3O2S2. The van der Waals surface area contributed by atoms with Crippen molar-refractivity contribution in [3.8, 4) is 5.75 Å². The number of nitrogens with zero attached hydrogens (tertiary/aromatic N) is 3. The number of benzene rings is 1. The minimum absolute atomic E-state index is 0.0113. The van der Waals surface area contributed by atoms with Gasteiger partial charge in [0.25, 0.3) is 5.91 Å². The zero-order valence-corrected chi connectivity index (χ0v) is 17.9. The van der Waals surface area contributed by atoms with E-state index in [1.165, 1.54) is 4.88 Å². The molecule has 0 fully saturated rings. The van der Waals surface area contributed by atoms with E-state index in [0.717, 1.165) is 22.8 Å². The van der Waals surface area contributed by atoms with Crippen molar-refractivity contribution < 1.29 is 9.53 Å². The third-order valence-electron chi connectivity index (χ3n) is 4.73. The van der Waals surface area contributed by atoms with Crippen molar-refractivity contribution in [3.63, 3.8) is 0 Å². The van der Waals surface area contributed by atoms with Gasteiger partial charge < -0.3 is 4.74 Å². The number of hydrogen-bond donors (Lipinski definition) is 0. The number of para-hydroxylation sites is 1. The standard InChI is InChI=1S/C22H23N3O2S2/c1-24(11-12-27-17-7-3-2-4-8-17)16-22(26)25-19(21-10-6-14-29-21)15-18(23-25)20-9-5-13-28-20/h2-10,13-14,19H,11-12,15-16H2,1H3. The van der Waals surface area contributed by atoms with Crippen molar-refractivity contribution >= 4 is 34.3 Å². The molecule has 2 aromatic heterocycles. The molecule has 0 saturated carbocycles. The van der Waals surface area contributed by atoms with Crippen LogP contribution >= 0.6 is 22.7 Å². The van der Waals surface area contributed by atoms with Crippen molar-refractivity contribution in [2.75, 3.05) is 26.7 Å². The van der Waals surface area contributed by atoms with Crippen molar-refractivity contribution in [3.05, 3.63) is 75.1 Å². The van der Waals surface area contributed by atoms with Gasteiger partial charge in [0.2, 0.25) is 0 Å². The van der Waals surface area contributed by atoms with Crippen LogP contribution in [0.25, 0.3) is 0 Å². The third-order valence-corrected chi connectivity index (χ3v) is 6.63. The van der Waals surface area contributed by atoms with Crippen molar-refractivity contribution in [1.82, 2.24) is 9.91 Å². The van der Waals surface area contributed by atoms with Crippen molar-refractivity contribution in [1.29, 1.82) is 0 Å². The Bertz CT molecular complexity index is 940. The number of hydrazone groups is 1. The van der Waals surface area contributed by atoms with Gasteiger partial charge in [-0.15, -0.1) is 22.7 Å². The van der Waals surface area contributed by atoms with Crippen LogP contribution in [0, 0.1) is 0 Å². The number of likely N-dealkylation sites (N-methyl/N-ethyl adjacent to an activating group) is 1. The van der Waals surface area contributed by atoms with Crippen LogP contribution in [0.1, 0.15) is 22.2 Å². The maximum atomic E-state index is 13.1. The molecule has 1 aliphatic rings. The molecule has 0 radical (unpaired) electrons. The molecule has 0 spiro atoms. The fraction of sp³-hybridized carbons (Fsp3) is 0.273. The molecule has 3 aromatic rings. The summed E-state index contributed by atoms with van der Waals surface area (Å²) in [6, 6.07) is 17.9. The van der Waals surface area contributed by atoms with E-state index >= 15 is 0 Å². The van der Waals surface area contributed by atoms with Gasteiger partial charge >= 0.3 is 0 Å². The van der Waals surface area contributed by atoms with Gasteiger partial charge in [0.05, 0.1) is 23.2 Å².